The van der Waals surface area contributed by atoms with Gasteiger partial charge in [-0.15, -0.1) is 0 Å². The molecule has 0 N–H and O–H groups in total. The Hall–Kier alpha value is -1.86. The molecule has 0 aliphatic carbocycles. The summed E-state index contributed by atoms with van der Waals surface area (Å²) in [6, 6.07) is 5.65. The van der Waals surface area contributed by atoms with Crippen LogP contribution in [0.3, 0.4) is 0 Å². The Morgan fingerprint density at radius 3 is 2.85 bits per heavy atom. The summed E-state index contributed by atoms with van der Waals surface area (Å²) in [7, 11) is 0. The van der Waals surface area contributed by atoms with Crippen molar-refractivity contribution in [2.24, 2.45) is 0 Å². The Balaban J connectivity index is 1.36. The van der Waals surface area contributed by atoms with Crippen molar-refractivity contribution in [3.8, 4) is 0 Å². The highest BCUT2D eigenvalue weighted by molar-refractivity contribution is 9.10. The standard InChI is InChI=1S/C19H20BrN3O2S/c20-17-2-1-16(25-17)19(24)23-9-4-15(5-10-23)18-21-7-11-22(18)8-3-14-6-12-26-13-14/h1-2,6-7,11-13,15H,3-5,8-10H2. The van der Waals surface area contributed by atoms with Crippen LogP contribution in [-0.2, 0) is 13.0 Å². The molecule has 0 unspecified atom stereocenters. The summed E-state index contributed by atoms with van der Waals surface area (Å²) in [5.41, 5.74) is 1.37. The van der Waals surface area contributed by atoms with E-state index in [-0.39, 0.29) is 5.91 Å². The number of hydrogen-bond donors (Lipinski definition) is 0. The smallest absolute Gasteiger partial charge is 0.289 e. The minimum Gasteiger partial charge on any atom is -0.444 e. The Kier molecular flexibility index (Phi) is 5.26. The Morgan fingerprint density at radius 1 is 1.31 bits per heavy atom. The van der Waals surface area contributed by atoms with E-state index in [4.69, 9.17) is 4.42 Å². The number of piperidine rings is 1. The van der Waals surface area contributed by atoms with Crippen molar-refractivity contribution in [2.75, 3.05) is 13.1 Å². The average molecular weight is 434 g/mol. The molecule has 1 fully saturated rings. The van der Waals surface area contributed by atoms with E-state index in [2.05, 4.69) is 48.5 Å². The number of aromatic nitrogens is 2. The van der Waals surface area contributed by atoms with Crippen molar-refractivity contribution in [1.29, 1.82) is 0 Å². The van der Waals surface area contributed by atoms with E-state index in [9.17, 15) is 4.79 Å². The van der Waals surface area contributed by atoms with Crippen LogP contribution in [0.15, 0.2) is 50.4 Å². The summed E-state index contributed by atoms with van der Waals surface area (Å²) in [6.07, 6.45) is 6.85. The zero-order chi connectivity index (χ0) is 17.9. The van der Waals surface area contributed by atoms with Crippen LogP contribution in [0.25, 0.3) is 0 Å². The summed E-state index contributed by atoms with van der Waals surface area (Å²) in [6.45, 7) is 2.42. The molecule has 0 saturated carbocycles. The van der Waals surface area contributed by atoms with E-state index < -0.39 is 0 Å². The molecule has 0 radical (unpaired) electrons. The van der Waals surface area contributed by atoms with Crippen LogP contribution in [0, 0.1) is 0 Å². The fourth-order valence-corrected chi connectivity index (χ4v) is 4.49. The molecule has 1 aliphatic rings. The molecule has 0 atom stereocenters. The van der Waals surface area contributed by atoms with Crippen molar-refractivity contribution >= 4 is 33.2 Å². The van der Waals surface area contributed by atoms with E-state index in [1.807, 2.05) is 11.1 Å². The normalized spacial score (nSPS) is 15.5. The van der Waals surface area contributed by atoms with E-state index in [0.29, 0.717) is 16.3 Å². The van der Waals surface area contributed by atoms with Gasteiger partial charge in [-0.2, -0.15) is 11.3 Å². The molecule has 0 spiro atoms. The highest BCUT2D eigenvalue weighted by atomic mass is 79.9. The molecule has 3 aromatic rings. The van der Waals surface area contributed by atoms with Crippen LogP contribution in [0.1, 0.15) is 40.7 Å². The van der Waals surface area contributed by atoms with Gasteiger partial charge in [-0.05, 0) is 69.7 Å². The molecule has 0 bridgehead atoms. The number of furan rings is 1. The summed E-state index contributed by atoms with van der Waals surface area (Å²) >= 11 is 4.99. The van der Waals surface area contributed by atoms with Crippen molar-refractivity contribution < 1.29 is 9.21 Å². The first-order valence-electron chi connectivity index (χ1n) is 8.77. The van der Waals surface area contributed by atoms with Gasteiger partial charge in [0.2, 0.25) is 0 Å². The highest BCUT2D eigenvalue weighted by Gasteiger charge is 2.28. The number of imidazole rings is 1. The van der Waals surface area contributed by atoms with Crippen LogP contribution in [0.2, 0.25) is 0 Å². The van der Waals surface area contributed by atoms with Crippen LogP contribution >= 0.6 is 27.3 Å². The minimum atomic E-state index is -0.0325. The van der Waals surface area contributed by atoms with Gasteiger partial charge < -0.3 is 13.9 Å². The van der Waals surface area contributed by atoms with E-state index in [1.165, 1.54) is 5.56 Å². The molecule has 1 aliphatic heterocycles. The van der Waals surface area contributed by atoms with Crippen molar-refractivity contribution in [3.63, 3.8) is 0 Å². The molecule has 26 heavy (non-hydrogen) atoms. The number of likely N-dealkylation sites (tertiary alicyclic amines) is 1. The molecule has 3 aromatic heterocycles. The maximum Gasteiger partial charge on any atom is 0.289 e. The zero-order valence-electron chi connectivity index (χ0n) is 14.3. The van der Waals surface area contributed by atoms with Gasteiger partial charge in [0, 0.05) is 37.9 Å². The Bertz CT molecular complexity index is 863. The van der Waals surface area contributed by atoms with Gasteiger partial charge >= 0.3 is 0 Å². The van der Waals surface area contributed by atoms with E-state index >= 15 is 0 Å². The van der Waals surface area contributed by atoms with Gasteiger partial charge in [0.1, 0.15) is 5.82 Å². The number of amides is 1. The maximum atomic E-state index is 12.5. The van der Waals surface area contributed by atoms with Crippen LogP contribution in [-0.4, -0.2) is 33.4 Å². The SMILES string of the molecule is O=C(c1ccc(Br)o1)N1CCC(c2nccn2CCc2ccsc2)CC1. The van der Waals surface area contributed by atoms with Gasteiger partial charge in [-0.1, -0.05) is 0 Å². The first-order chi connectivity index (χ1) is 12.7. The lowest BCUT2D eigenvalue weighted by molar-refractivity contribution is 0.0676. The fraction of sp³-hybridized carbons (Fsp3) is 0.368. The monoisotopic (exact) mass is 433 g/mol. The number of halogens is 1. The average Bonchev–Trinajstić information content (AvgIpc) is 3.41. The van der Waals surface area contributed by atoms with Gasteiger partial charge in [-0.3, -0.25) is 4.79 Å². The summed E-state index contributed by atoms with van der Waals surface area (Å²) in [5, 5.41) is 4.32. The predicted molar refractivity (Wildman–Crippen MR) is 105 cm³/mol. The van der Waals surface area contributed by atoms with Gasteiger partial charge in [-0.25, -0.2) is 4.98 Å². The molecule has 5 nitrogen and oxygen atoms in total. The molecule has 136 valence electrons. The van der Waals surface area contributed by atoms with E-state index in [0.717, 1.165) is 44.7 Å². The number of carbonyl (C=O) groups excluding carboxylic acids is 1. The maximum absolute atomic E-state index is 12.5. The fourth-order valence-electron chi connectivity index (χ4n) is 3.48. The number of rotatable bonds is 5. The summed E-state index contributed by atoms with van der Waals surface area (Å²) in [5.74, 6) is 1.91. The molecule has 7 heteroatoms. The summed E-state index contributed by atoms with van der Waals surface area (Å²) < 4.78 is 8.25. The van der Waals surface area contributed by atoms with Crippen LogP contribution < -0.4 is 0 Å². The lowest BCUT2D eigenvalue weighted by Crippen LogP contribution is -2.38. The lowest BCUT2D eigenvalue weighted by Gasteiger charge is -2.31. The molecule has 4 heterocycles. The first kappa shape index (κ1) is 17.5. The minimum absolute atomic E-state index is 0.0325. The molecule has 1 amide bonds. The lowest BCUT2D eigenvalue weighted by atomic mass is 9.95. The largest absolute Gasteiger partial charge is 0.444 e. The Morgan fingerprint density at radius 2 is 2.15 bits per heavy atom. The number of aryl methyl sites for hydroxylation is 2. The molecule has 4 rings (SSSR count). The van der Waals surface area contributed by atoms with Gasteiger partial charge in [0.25, 0.3) is 5.91 Å². The van der Waals surface area contributed by atoms with E-state index in [1.54, 1.807) is 23.5 Å². The third-order valence-electron chi connectivity index (χ3n) is 4.90. The number of hydrogen-bond acceptors (Lipinski definition) is 4. The predicted octanol–water partition coefficient (Wildman–Crippen LogP) is 4.56. The second-order valence-corrected chi connectivity index (χ2v) is 8.09. The van der Waals surface area contributed by atoms with Crippen molar-refractivity contribution in [2.45, 2.75) is 31.7 Å². The third-order valence-corrected chi connectivity index (χ3v) is 6.06. The number of carbonyl (C=O) groups is 1. The Labute approximate surface area is 164 Å². The summed E-state index contributed by atoms with van der Waals surface area (Å²) in [4.78, 5) is 19.0. The molecule has 0 aromatic carbocycles. The van der Waals surface area contributed by atoms with Crippen LogP contribution in [0.4, 0.5) is 0 Å². The second kappa shape index (κ2) is 7.80. The second-order valence-electron chi connectivity index (χ2n) is 6.53. The van der Waals surface area contributed by atoms with Crippen molar-refractivity contribution in [3.05, 3.63) is 63.2 Å². The first-order valence-corrected chi connectivity index (χ1v) is 10.5. The molecular formula is C19H20BrN3O2S. The highest BCUT2D eigenvalue weighted by Crippen LogP contribution is 2.28. The zero-order valence-corrected chi connectivity index (χ0v) is 16.7. The number of nitrogens with zero attached hydrogens (tertiary/aromatic N) is 3. The molecular weight excluding hydrogens is 414 g/mol. The van der Waals surface area contributed by atoms with Crippen LogP contribution in [0.5, 0.6) is 0 Å². The quantitative estimate of drug-likeness (QED) is 0.592. The van der Waals surface area contributed by atoms with Gasteiger partial charge in [0.15, 0.2) is 10.4 Å². The third kappa shape index (κ3) is 3.78. The van der Waals surface area contributed by atoms with Gasteiger partial charge in [0.05, 0.1) is 0 Å². The molecule has 1 saturated heterocycles. The van der Waals surface area contributed by atoms with Crippen molar-refractivity contribution in [1.82, 2.24) is 14.5 Å². The number of thiophene rings is 1. The topological polar surface area (TPSA) is 51.3 Å².